The predicted octanol–water partition coefficient (Wildman–Crippen LogP) is 3.87. The minimum Gasteiger partial charge on any atom is -0.490 e. The number of halogens is 2. The summed E-state index contributed by atoms with van der Waals surface area (Å²) >= 11 is 0. The monoisotopic (exact) mass is 668 g/mol. The molecule has 49 heavy (non-hydrogen) atoms. The number of nitrogens with zero attached hydrogens (tertiary/aromatic N) is 5. The zero-order chi connectivity index (χ0) is 34.2. The summed E-state index contributed by atoms with van der Waals surface area (Å²) in [6.45, 7) is 3.78. The number of aromatic nitrogens is 4. The molecule has 1 aliphatic heterocycles. The van der Waals surface area contributed by atoms with E-state index in [1.807, 2.05) is 24.3 Å². The summed E-state index contributed by atoms with van der Waals surface area (Å²) in [7, 11) is 0. The molecule has 1 saturated heterocycles. The summed E-state index contributed by atoms with van der Waals surface area (Å²) in [5.41, 5.74) is 8.61. The van der Waals surface area contributed by atoms with E-state index >= 15 is 0 Å². The Kier molecular flexibility index (Phi) is 10.5. The van der Waals surface area contributed by atoms with Crippen LogP contribution in [0.15, 0.2) is 84.2 Å². The number of nitrogens with two attached hydrogens (primary N) is 1. The van der Waals surface area contributed by atoms with Gasteiger partial charge in [0.15, 0.2) is 11.6 Å². The molecule has 3 heterocycles. The number of nitrogens with one attached hydrogen (secondary N) is 2. The van der Waals surface area contributed by atoms with E-state index in [-0.39, 0.29) is 25.3 Å². The predicted molar refractivity (Wildman–Crippen MR) is 182 cm³/mol. The van der Waals surface area contributed by atoms with Crippen LogP contribution in [0.25, 0.3) is 17.0 Å². The standard InChI is InChI=1S/C35H34F2N8O4/c36-29-8-3-24(17-30(29)37)21-45-22-39-20-28(34(45)47)33(46)40-10-1-2-23-16-25-19-41-35(43-32(25)31(18-23)49-13-9-38)42-26-4-6-27(7-5-26)44-11-14-48-15-12-44/h1-8,16-20,22H,9-15,21,38H2,(H,40,46)(H,41,42,43)/b2-1+. The number of carbonyl (C=O) groups is 1. The van der Waals surface area contributed by atoms with Crippen LogP contribution in [0.1, 0.15) is 21.5 Å². The van der Waals surface area contributed by atoms with Gasteiger partial charge in [0.25, 0.3) is 11.5 Å². The Morgan fingerprint density at radius 2 is 1.86 bits per heavy atom. The number of morpholine rings is 1. The van der Waals surface area contributed by atoms with Gasteiger partial charge in [0.1, 0.15) is 23.4 Å². The third-order valence-corrected chi connectivity index (χ3v) is 7.72. The SMILES string of the molecule is NCCOc1cc(/C=C/CNC(=O)c2cncn(Cc3ccc(F)c(F)c3)c2=O)cc2cnc(Nc3ccc(N4CCOCC4)cc3)nc12. The number of amides is 1. The first-order chi connectivity index (χ1) is 23.9. The van der Waals surface area contributed by atoms with Crippen LogP contribution >= 0.6 is 0 Å². The minimum absolute atomic E-state index is 0.0791. The molecule has 14 heteroatoms. The number of fused-ring (bicyclic) bond motifs is 1. The highest BCUT2D eigenvalue weighted by Crippen LogP contribution is 2.28. The summed E-state index contributed by atoms with van der Waals surface area (Å²) in [4.78, 5) is 41.2. The molecule has 6 rings (SSSR count). The maximum absolute atomic E-state index is 13.6. The third-order valence-electron chi connectivity index (χ3n) is 7.72. The van der Waals surface area contributed by atoms with E-state index in [1.54, 1.807) is 18.3 Å². The van der Waals surface area contributed by atoms with E-state index in [0.717, 1.165) is 71.5 Å². The molecular weight excluding hydrogens is 634 g/mol. The van der Waals surface area contributed by atoms with E-state index in [2.05, 4.69) is 37.6 Å². The second-order valence-corrected chi connectivity index (χ2v) is 11.2. The van der Waals surface area contributed by atoms with Crippen molar-refractivity contribution in [1.82, 2.24) is 24.8 Å². The van der Waals surface area contributed by atoms with Gasteiger partial charge in [-0.2, -0.15) is 0 Å². The van der Waals surface area contributed by atoms with Gasteiger partial charge in [-0.3, -0.25) is 14.2 Å². The molecule has 12 nitrogen and oxygen atoms in total. The second-order valence-electron chi connectivity index (χ2n) is 11.2. The van der Waals surface area contributed by atoms with Gasteiger partial charge in [0, 0.05) is 55.3 Å². The summed E-state index contributed by atoms with van der Waals surface area (Å²) in [5, 5.41) is 6.67. The maximum Gasteiger partial charge on any atom is 0.266 e. The van der Waals surface area contributed by atoms with Crippen LogP contribution < -0.4 is 31.6 Å². The second kappa shape index (κ2) is 15.4. The van der Waals surface area contributed by atoms with E-state index in [0.29, 0.717) is 29.3 Å². The molecule has 1 aliphatic rings. The average molecular weight is 669 g/mol. The molecule has 0 bridgehead atoms. The Morgan fingerprint density at radius 1 is 1.04 bits per heavy atom. The Hall–Kier alpha value is -5.73. The summed E-state index contributed by atoms with van der Waals surface area (Å²) in [5.74, 6) is -1.71. The number of benzene rings is 3. The fourth-order valence-electron chi connectivity index (χ4n) is 5.27. The zero-order valence-corrected chi connectivity index (χ0v) is 26.4. The summed E-state index contributed by atoms with van der Waals surface area (Å²) in [6, 6.07) is 15.1. The number of rotatable bonds is 12. The van der Waals surface area contributed by atoms with Crippen LogP contribution in [-0.2, 0) is 11.3 Å². The Labute approximate surface area is 280 Å². The van der Waals surface area contributed by atoms with E-state index < -0.39 is 23.1 Å². The molecule has 0 atom stereocenters. The van der Waals surface area contributed by atoms with Gasteiger partial charge in [-0.15, -0.1) is 0 Å². The van der Waals surface area contributed by atoms with Gasteiger partial charge in [-0.25, -0.2) is 23.7 Å². The van der Waals surface area contributed by atoms with Gasteiger partial charge < -0.3 is 30.7 Å². The Bertz CT molecular complexity index is 2030. The lowest BCUT2D eigenvalue weighted by Gasteiger charge is -2.28. The maximum atomic E-state index is 13.6. The fraction of sp³-hybridized carbons (Fsp3) is 0.229. The fourth-order valence-corrected chi connectivity index (χ4v) is 5.27. The van der Waals surface area contributed by atoms with Crippen LogP contribution in [0.2, 0.25) is 0 Å². The number of ether oxygens (including phenoxy) is 2. The van der Waals surface area contributed by atoms with Crippen LogP contribution in [0.4, 0.5) is 26.1 Å². The first kappa shape index (κ1) is 33.2. The summed E-state index contributed by atoms with van der Waals surface area (Å²) in [6.07, 6.45) is 7.62. The molecule has 3 aromatic carbocycles. The molecule has 1 amide bonds. The molecule has 0 spiro atoms. The van der Waals surface area contributed by atoms with Crippen molar-refractivity contribution in [3.05, 3.63) is 118 Å². The normalized spacial score (nSPS) is 13.2. The van der Waals surface area contributed by atoms with Crippen LogP contribution in [0, 0.1) is 11.6 Å². The van der Waals surface area contributed by atoms with Crippen molar-refractivity contribution in [2.24, 2.45) is 5.73 Å². The topological polar surface area (TPSA) is 150 Å². The van der Waals surface area contributed by atoms with Crippen molar-refractivity contribution in [3.8, 4) is 5.75 Å². The van der Waals surface area contributed by atoms with Gasteiger partial charge in [0.2, 0.25) is 5.95 Å². The molecule has 0 radical (unpaired) electrons. The minimum atomic E-state index is -1.03. The lowest BCUT2D eigenvalue weighted by atomic mass is 10.1. The quantitative estimate of drug-likeness (QED) is 0.179. The third kappa shape index (κ3) is 8.23. The van der Waals surface area contributed by atoms with E-state index in [9.17, 15) is 18.4 Å². The van der Waals surface area contributed by atoms with Gasteiger partial charge in [-0.05, 0) is 59.7 Å². The molecule has 0 saturated carbocycles. The number of hydrogen-bond donors (Lipinski definition) is 3. The molecule has 5 aromatic rings. The lowest BCUT2D eigenvalue weighted by Crippen LogP contribution is -2.36. The Balaban J connectivity index is 1.11. The Morgan fingerprint density at radius 3 is 2.63 bits per heavy atom. The van der Waals surface area contributed by atoms with Gasteiger partial charge >= 0.3 is 0 Å². The summed E-state index contributed by atoms with van der Waals surface area (Å²) < 4.78 is 39.4. The van der Waals surface area contributed by atoms with Crippen molar-refractivity contribution in [1.29, 1.82) is 0 Å². The first-order valence-corrected chi connectivity index (χ1v) is 15.6. The molecule has 2 aromatic heterocycles. The van der Waals surface area contributed by atoms with Gasteiger partial charge in [0.05, 0.1) is 26.1 Å². The van der Waals surface area contributed by atoms with E-state index in [1.165, 1.54) is 12.4 Å². The largest absolute Gasteiger partial charge is 0.490 e. The highest BCUT2D eigenvalue weighted by atomic mass is 19.2. The number of carbonyl (C=O) groups excluding carboxylic acids is 1. The molecular formula is C35H34F2N8O4. The average Bonchev–Trinajstić information content (AvgIpc) is 3.12. The van der Waals surface area contributed by atoms with Crippen LogP contribution in [0.3, 0.4) is 0 Å². The van der Waals surface area contributed by atoms with Gasteiger partial charge in [-0.1, -0.05) is 18.2 Å². The van der Waals surface area contributed by atoms with Crippen molar-refractivity contribution >= 4 is 40.2 Å². The number of hydrogen-bond acceptors (Lipinski definition) is 10. The van der Waals surface area contributed by atoms with Crippen molar-refractivity contribution in [3.63, 3.8) is 0 Å². The van der Waals surface area contributed by atoms with Crippen LogP contribution in [0.5, 0.6) is 5.75 Å². The zero-order valence-electron chi connectivity index (χ0n) is 26.4. The highest BCUT2D eigenvalue weighted by molar-refractivity contribution is 5.93. The number of anilines is 3. The lowest BCUT2D eigenvalue weighted by molar-refractivity contribution is 0.0955. The first-order valence-electron chi connectivity index (χ1n) is 15.6. The molecule has 252 valence electrons. The van der Waals surface area contributed by atoms with Crippen molar-refractivity contribution < 1.29 is 23.0 Å². The van der Waals surface area contributed by atoms with Crippen molar-refractivity contribution in [2.45, 2.75) is 6.54 Å². The molecule has 4 N–H and O–H groups in total. The van der Waals surface area contributed by atoms with E-state index in [4.69, 9.17) is 20.2 Å². The molecule has 0 unspecified atom stereocenters. The van der Waals surface area contributed by atoms with Crippen molar-refractivity contribution in [2.75, 3.05) is 56.2 Å². The van der Waals surface area contributed by atoms with Crippen LogP contribution in [-0.4, -0.2) is 71.4 Å². The molecule has 0 aliphatic carbocycles. The smallest absolute Gasteiger partial charge is 0.266 e. The highest BCUT2D eigenvalue weighted by Gasteiger charge is 2.14. The molecule has 1 fully saturated rings.